The third kappa shape index (κ3) is 5.23. The maximum Gasteiger partial charge on any atom is 0.336 e. The first-order valence-electron chi connectivity index (χ1n) is 11.9. The van der Waals surface area contributed by atoms with Crippen molar-refractivity contribution in [3.05, 3.63) is 65.5 Å². The molecule has 168 valence electrons. The van der Waals surface area contributed by atoms with Crippen molar-refractivity contribution < 1.29 is 9.90 Å². The summed E-state index contributed by atoms with van der Waals surface area (Å²) >= 11 is 0. The van der Waals surface area contributed by atoms with Gasteiger partial charge < -0.3 is 5.11 Å². The van der Waals surface area contributed by atoms with Gasteiger partial charge in [0.2, 0.25) is 0 Å². The van der Waals surface area contributed by atoms with Crippen LogP contribution in [0.15, 0.2) is 42.7 Å². The first kappa shape index (κ1) is 22.2. The largest absolute Gasteiger partial charge is 0.478 e. The molecule has 1 aromatic carbocycles. The van der Waals surface area contributed by atoms with Crippen LogP contribution in [0.1, 0.15) is 91.8 Å². The standard InChI is InChI=1S/C26H32N4O2/c1-2-3-7-16-30-24(28-25(29-30)21-8-5-4-6-9-21)17-19-10-12-20(13-11-19)23-18-27-15-14-22(23)26(31)32/h10-15,18,21H,2-9,16-17H2,1H3,(H,31,32). The molecule has 0 saturated heterocycles. The number of unbranched alkanes of at least 4 members (excludes halogenated alkanes) is 2. The van der Waals surface area contributed by atoms with E-state index in [1.165, 1.54) is 57.2 Å². The lowest BCUT2D eigenvalue weighted by Gasteiger charge is -2.18. The van der Waals surface area contributed by atoms with Crippen molar-refractivity contribution in [2.24, 2.45) is 0 Å². The van der Waals surface area contributed by atoms with E-state index in [1.54, 1.807) is 6.20 Å². The molecule has 0 bridgehead atoms. The summed E-state index contributed by atoms with van der Waals surface area (Å²) in [6, 6.07) is 9.59. The molecule has 0 spiro atoms. The first-order valence-corrected chi connectivity index (χ1v) is 11.9. The van der Waals surface area contributed by atoms with Crippen LogP contribution in [-0.4, -0.2) is 30.8 Å². The minimum Gasteiger partial charge on any atom is -0.478 e. The lowest BCUT2D eigenvalue weighted by atomic mass is 9.89. The predicted octanol–water partition coefficient (Wildman–Crippen LogP) is 5.87. The Balaban J connectivity index is 1.55. The summed E-state index contributed by atoms with van der Waals surface area (Å²) in [6.45, 7) is 3.13. The van der Waals surface area contributed by atoms with Gasteiger partial charge >= 0.3 is 5.97 Å². The number of hydrogen-bond donors (Lipinski definition) is 1. The fourth-order valence-electron chi connectivity index (χ4n) is 4.54. The fourth-order valence-corrected chi connectivity index (χ4v) is 4.54. The van der Waals surface area contributed by atoms with Crippen LogP contribution in [0.4, 0.5) is 0 Å². The Morgan fingerprint density at radius 3 is 2.59 bits per heavy atom. The molecule has 0 amide bonds. The average Bonchev–Trinajstić information content (AvgIpc) is 3.23. The number of nitrogens with zero attached hydrogens (tertiary/aromatic N) is 4. The van der Waals surface area contributed by atoms with Crippen LogP contribution in [0, 0.1) is 0 Å². The van der Waals surface area contributed by atoms with Crippen LogP contribution in [0.5, 0.6) is 0 Å². The van der Waals surface area contributed by atoms with E-state index in [1.807, 2.05) is 12.1 Å². The van der Waals surface area contributed by atoms with Crippen molar-refractivity contribution in [3.63, 3.8) is 0 Å². The van der Waals surface area contributed by atoms with E-state index in [2.05, 4.69) is 28.7 Å². The van der Waals surface area contributed by atoms with Gasteiger partial charge in [0.15, 0.2) is 5.82 Å². The predicted molar refractivity (Wildman–Crippen MR) is 125 cm³/mol. The zero-order chi connectivity index (χ0) is 22.3. The molecule has 1 aliphatic rings. The molecule has 1 saturated carbocycles. The number of aromatic nitrogens is 4. The van der Waals surface area contributed by atoms with Crippen LogP contribution >= 0.6 is 0 Å². The van der Waals surface area contributed by atoms with Crippen LogP contribution in [0.2, 0.25) is 0 Å². The Hall–Kier alpha value is -3.02. The Morgan fingerprint density at radius 2 is 1.88 bits per heavy atom. The van der Waals surface area contributed by atoms with E-state index in [9.17, 15) is 9.90 Å². The molecule has 3 aromatic rings. The van der Waals surface area contributed by atoms with Crippen LogP contribution in [0.3, 0.4) is 0 Å². The number of carbonyl (C=O) groups is 1. The average molecular weight is 433 g/mol. The molecule has 0 aliphatic heterocycles. The first-order chi connectivity index (χ1) is 15.7. The zero-order valence-electron chi connectivity index (χ0n) is 18.8. The number of rotatable bonds is 9. The molecule has 2 aromatic heterocycles. The highest BCUT2D eigenvalue weighted by atomic mass is 16.4. The van der Waals surface area contributed by atoms with Crippen molar-refractivity contribution in [2.75, 3.05) is 0 Å². The van der Waals surface area contributed by atoms with Gasteiger partial charge in [-0.05, 0) is 36.5 Å². The molecular formula is C26H32N4O2. The molecule has 2 heterocycles. The van der Waals surface area contributed by atoms with E-state index in [0.717, 1.165) is 42.2 Å². The number of pyridine rings is 1. The van der Waals surface area contributed by atoms with E-state index in [4.69, 9.17) is 10.1 Å². The molecule has 0 atom stereocenters. The molecule has 0 radical (unpaired) electrons. The van der Waals surface area contributed by atoms with Crippen molar-refractivity contribution >= 4 is 5.97 Å². The summed E-state index contributed by atoms with van der Waals surface area (Å²) in [6.07, 6.45) is 13.6. The number of benzene rings is 1. The van der Waals surface area contributed by atoms with Crippen LogP contribution < -0.4 is 0 Å². The lowest BCUT2D eigenvalue weighted by Crippen LogP contribution is -2.08. The number of aromatic carboxylic acids is 1. The van der Waals surface area contributed by atoms with Crippen LogP contribution in [0.25, 0.3) is 11.1 Å². The summed E-state index contributed by atoms with van der Waals surface area (Å²) in [7, 11) is 0. The van der Waals surface area contributed by atoms with Gasteiger partial charge in [0.1, 0.15) is 5.82 Å². The fraction of sp³-hybridized carbons (Fsp3) is 0.462. The molecule has 4 rings (SSSR count). The van der Waals surface area contributed by atoms with Gasteiger partial charge in [-0.3, -0.25) is 4.98 Å². The molecular weight excluding hydrogens is 400 g/mol. The minimum atomic E-state index is -0.943. The third-order valence-corrected chi connectivity index (χ3v) is 6.39. The highest BCUT2D eigenvalue weighted by Crippen LogP contribution is 2.31. The van der Waals surface area contributed by atoms with Gasteiger partial charge in [-0.25, -0.2) is 14.5 Å². The maximum atomic E-state index is 11.5. The summed E-state index contributed by atoms with van der Waals surface area (Å²) in [4.78, 5) is 20.6. The summed E-state index contributed by atoms with van der Waals surface area (Å²) in [5.74, 6) is 1.61. The zero-order valence-corrected chi connectivity index (χ0v) is 18.8. The van der Waals surface area contributed by atoms with Crippen molar-refractivity contribution in [1.82, 2.24) is 19.7 Å². The van der Waals surface area contributed by atoms with E-state index < -0.39 is 5.97 Å². The SMILES string of the molecule is CCCCCn1nc(C2CCCCC2)nc1Cc1ccc(-c2cnccc2C(=O)O)cc1. The van der Waals surface area contributed by atoms with Gasteiger partial charge in [-0.2, -0.15) is 5.10 Å². The van der Waals surface area contributed by atoms with E-state index in [-0.39, 0.29) is 5.56 Å². The Bertz CT molecular complexity index is 1040. The van der Waals surface area contributed by atoms with E-state index >= 15 is 0 Å². The maximum absolute atomic E-state index is 11.5. The van der Waals surface area contributed by atoms with Gasteiger partial charge in [-0.1, -0.05) is 63.3 Å². The van der Waals surface area contributed by atoms with E-state index in [0.29, 0.717) is 11.5 Å². The van der Waals surface area contributed by atoms with Gasteiger partial charge in [0.25, 0.3) is 0 Å². The minimum absolute atomic E-state index is 0.264. The molecule has 0 unspecified atom stereocenters. The topological polar surface area (TPSA) is 80.9 Å². The molecule has 1 fully saturated rings. The van der Waals surface area contributed by atoms with Gasteiger partial charge in [-0.15, -0.1) is 0 Å². The highest BCUT2D eigenvalue weighted by molar-refractivity contribution is 5.95. The second kappa shape index (κ2) is 10.5. The molecule has 1 N–H and O–H groups in total. The summed E-state index contributed by atoms with van der Waals surface area (Å²) in [5.41, 5.74) is 2.90. The normalized spacial score (nSPS) is 14.5. The number of aryl methyl sites for hydroxylation is 1. The monoisotopic (exact) mass is 432 g/mol. The number of hydrogen-bond acceptors (Lipinski definition) is 4. The smallest absolute Gasteiger partial charge is 0.336 e. The van der Waals surface area contributed by atoms with Crippen molar-refractivity contribution in [3.8, 4) is 11.1 Å². The number of carboxylic acid groups (broad SMARTS) is 1. The highest BCUT2D eigenvalue weighted by Gasteiger charge is 2.21. The quantitative estimate of drug-likeness (QED) is 0.428. The van der Waals surface area contributed by atoms with Crippen LogP contribution in [-0.2, 0) is 13.0 Å². The second-order valence-corrected chi connectivity index (χ2v) is 8.75. The summed E-state index contributed by atoms with van der Waals surface area (Å²) < 4.78 is 2.12. The molecule has 6 nitrogen and oxygen atoms in total. The Kier molecular flexibility index (Phi) is 7.30. The molecule has 6 heteroatoms. The third-order valence-electron chi connectivity index (χ3n) is 6.39. The molecule has 32 heavy (non-hydrogen) atoms. The van der Waals surface area contributed by atoms with Crippen molar-refractivity contribution in [1.29, 1.82) is 0 Å². The lowest BCUT2D eigenvalue weighted by molar-refractivity contribution is 0.0697. The van der Waals surface area contributed by atoms with Gasteiger partial charge in [0, 0.05) is 36.8 Å². The Morgan fingerprint density at radius 1 is 1.09 bits per heavy atom. The summed E-state index contributed by atoms with van der Waals surface area (Å²) in [5, 5.41) is 14.4. The second-order valence-electron chi connectivity index (χ2n) is 8.75. The number of carboxylic acids is 1. The van der Waals surface area contributed by atoms with Gasteiger partial charge in [0.05, 0.1) is 5.56 Å². The van der Waals surface area contributed by atoms with Crippen molar-refractivity contribution in [2.45, 2.75) is 77.2 Å². The Labute approximate surface area is 189 Å². The molecule has 1 aliphatic carbocycles.